The predicted octanol–water partition coefficient (Wildman–Crippen LogP) is 3.54. The van der Waals surface area contributed by atoms with Crippen LogP contribution in [0.1, 0.15) is 30.9 Å². The lowest BCUT2D eigenvalue weighted by Crippen LogP contribution is -2.41. The van der Waals surface area contributed by atoms with Crippen LogP contribution in [0.2, 0.25) is 0 Å². The molecule has 2 heteroatoms. The Morgan fingerprint density at radius 2 is 1.45 bits per heavy atom. The Balaban J connectivity index is 1.97. The van der Waals surface area contributed by atoms with E-state index in [1.54, 1.807) is 0 Å². The van der Waals surface area contributed by atoms with E-state index in [0.717, 1.165) is 6.61 Å². The van der Waals surface area contributed by atoms with Gasteiger partial charge in [-0.05, 0) is 25.0 Å². The van der Waals surface area contributed by atoms with E-state index >= 15 is 0 Å². The first-order chi connectivity index (χ1) is 9.66. The highest BCUT2D eigenvalue weighted by Gasteiger charge is 2.36. The van der Waals surface area contributed by atoms with Gasteiger partial charge in [0.15, 0.2) is 0 Å². The Hall–Kier alpha value is -1.64. The summed E-state index contributed by atoms with van der Waals surface area (Å²) in [6.45, 7) is 4.90. The molecule has 0 radical (unpaired) electrons. The molecule has 1 unspecified atom stereocenters. The van der Waals surface area contributed by atoms with Crippen molar-refractivity contribution in [2.75, 3.05) is 6.61 Å². The number of nitrogens with one attached hydrogen (secondary N) is 1. The molecular weight excluding hydrogens is 246 g/mol. The van der Waals surface area contributed by atoms with Crippen LogP contribution in [0.25, 0.3) is 0 Å². The molecule has 104 valence electrons. The van der Waals surface area contributed by atoms with Crippen LogP contribution in [-0.2, 0) is 4.74 Å². The van der Waals surface area contributed by atoms with Crippen molar-refractivity contribution < 1.29 is 4.74 Å². The fourth-order valence-electron chi connectivity index (χ4n) is 2.99. The normalized spacial score (nSPS) is 21.2. The second kappa shape index (κ2) is 5.39. The third kappa shape index (κ3) is 2.77. The Morgan fingerprint density at radius 1 is 0.950 bits per heavy atom. The highest BCUT2D eigenvalue weighted by Crippen LogP contribution is 2.32. The van der Waals surface area contributed by atoms with Gasteiger partial charge in [-0.25, -0.2) is 0 Å². The minimum Gasteiger partial charge on any atom is -0.360 e. The maximum Gasteiger partial charge on any atom is 0.113 e. The van der Waals surface area contributed by atoms with Crippen LogP contribution in [0.5, 0.6) is 0 Å². The van der Waals surface area contributed by atoms with Gasteiger partial charge in [0.1, 0.15) is 5.72 Å². The van der Waals surface area contributed by atoms with Gasteiger partial charge in [0, 0.05) is 12.0 Å². The number of rotatable bonds is 3. The van der Waals surface area contributed by atoms with Crippen LogP contribution in [0.15, 0.2) is 60.7 Å². The molecule has 0 spiro atoms. The van der Waals surface area contributed by atoms with E-state index in [1.807, 2.05) is 0 Å². The summed E-state index contributed by atoms with van der Waals surface area (Å²) in [7, 11) is 0. The number of benzene rings is 2. The van der Waals surface area contributed by atoms with E-state index < -0.39 is 0 Å². The van der Waals surface area contributed by atoms with E-state index in [-0.39, 0.29) is 5.72 Å². The van der Waals surface area contributed by atoms with Crippen LogP contribution in [0.4, 0.5) is 0 Å². The van der Waals surface area contributed by atoms with Gasteiger partial charge in [0.2, 0.25) is 0 Å². The molecule has 2 nitrogen and oxygen atoms in total. The SMILES string of the molecule is CC1(C)NC(C(c2ccccc2)c2ccccc2)CO1. The molecule has 1 fully saturated rings. The Labute approximate surface area is 120 Å². The molecule has 1 atom stereocenters. The van der Waals surface area contributed by atoms with Gasteiger partial charge in [-0.3, -0.25) is 5.32 Å². The minimum atomic E-state index is -0.244. The van der Waals surface area contributed by atoms with Crippen molar-refractivity contribution in [1.29, 1.82) is 0 Å². The van der Waals surface area contributed by atoms with E-state index in [1.165, 1.54) is 11.1 Å². The molecule has 20 heavy (non-hydrogen) atoms. The molecule has 2 aromatic carbocycles. The van der Waals surface area contributed by atoms with Gasteiger partial charge in [-0.2, -0.15) is 0 Å². The number of ether oxygens (including phenoxy) is 1. The maximum atomic E-state index is 5.87. The number of hydrogen-bond donors (Lipinski definition) is 1. The van der Waals surface area contributed by atoms with E-state index in [9.17, 15) is 0 Å². The fourth-order valence-corrected chi connectivity index (χ4v) is 2.99. The van der Waals surface area contributed by atoms with Crippen LogP contribution in [0, 0.1) is 0 Å². The average molecular weight is 267 g/mol. The van der Waals surface area contributed by atoms with E-state index in [2.05, 4.69) is 79.8 Å². The molecule has 1 N–H and O–H groups in total. The van der Waals surface area contributed by atoms with Crippen molar-refractivity contribution in [3.63, 3.8) is 0 Å². The second-order valence-electron chi connectivity index (χ2n) is 5.87. The number of hydrogen-bond acceptors (Lipinski definition) is 2. The van der Waals surface area contributed by atoms with Crippen molar-refractivity contribution in [3.05, 3.63) is 71.8 Å². The molecule has 0 amide bonds. The molecule has 0 aromatic heterocycles. The molecule has 0 bridgehead atoms. The van der Waals surface area contributed by atoms with Gasteiger partial charge < -0.3 is 4.74 Å². The van der Waals surface area contributed by atoms with Crippen LogP contribution < -0.4 is 5.32 Å². The summed E-state index contributed by atoms with van der Waals surface area (Å²) in [5.41, 5.74) is 2.42. The second-order valence-corrected chi connectivity index (χ2v) is 5.87. The summed E-state index contributed by atoms with van der Waals surface area (Å²) in [6, 6.07) is 21.6. The highest BCUT2D eigenvalue weighted by molar-refractivity contribution is 5.34. The summed E-state index contributed by atoms with van der Waals surface area (Å²) in [4.78, 5) is 0. The molecule has 1 aliphatic heterocycles. The van der Waals surface area contributed by atoms with Gasteiger partial charge in [-0.1, -0.05) is 60.7 Å². The maximum absolute atomic E-state index is 5.87. The van der Waals surface area contributed by atoms with Crippen molar-refractivity contribution in [2.45, 2.75) is 31.5 Å². The first kappa shape index (κ1) is 13.3. The van der Waals surface area contributed by atoms with E-state index in [4.69, 9.17) is 4.74 Å². The van der Waals surface area contributed by atoms with Crippen molar-refractivity contribution in [2.24, 2.45) is 0 Å². The third-order valence-electron chi connectivity index (χ3n) is 3.88. The summed E-state index contributed by atoms with van der Waals surface area (Å²) >= 11 is 0. The molecular formula is C18H21NO. The third-order valence-corrected chi connectivity index (χ3v) is 3.88. The summed E-state index contributed by atoms with van der Waals surface area (Å²) in [5, 5.41) is 3.61. The summed E-state index contributed by atoms with van der Waals surface area (Å²) in [5.74, 6) is 0.319. The lowest BCUT2D eigenvalue weighted by atomic mass is 9.85. The zero-order valence-electron chi connectivity index (χ0n) is 12.0. The van der Waals surface area contributed by atoms with Crippen molar-refractivity contribution >= 4 is 0 Å². The van der Waals surface area contributed by atoms with Gasteiger partial charge in [0.25, 0.3) is 0 Å². The van der Waals surface area contributed by atoms with E-state index in [0.29, 0.717) is 12.0 Å². The average Bonchev–Trinajstić information content (AvgIpc) is 2.81. The first-order valence-electron chi connectivity index (χ1n) is 7.17. The van der Waals surface area contributed by atoms with Crippen LogP contribution >= 0.6 is 0 Å². The lowest BCUT2D eigenvalue weighted by molar-refractivity contribution is 0.0231. The monoisotopic (exact) mass is 267 g/mol. The quantitative estimate of drug-likeness (QED) is 0.918. The first-order valence-corrected chi connectivity index (χ1v) is 7.17. The Bertz CT molecular complexity index is 511. The predicted molar refractivity (Wildman–Crippen MR) is 81.7 cm³/mol. The van der Waals surface area contributed by atoms with Gasteiger partial charge >= 0.3 is 0 Å². The van der Waals surface area contributed by atoms with Crippen LogP contribution in [0.3, 0.4) is 0 Å². The van der Waals surface area contributed by atoms with Gasteiger partial charge in [0.05, 0.1) is 6.61 Å². The summed E-state index contributed by atoms with van der Waals surface area (Å²) < 4.78 is 5.87. The lowest BCUT2D eigenvalue weighted by Gasteiger charge is -2.26. The largest absolute Gasteiger partial charge is 0.360 e. The van der Waals surface area contributed by atoms with Crippen LogP contribution in [-0.4, -0.2) is 18.4 Å². The molecule has 3 rings (SSSR count). The minimum absolute atomic E-state index is 0.244. The van der Waals surface area contributed by atoms with Gasteiger partial charge in [-0.15, -0.1) is 0 Å². The summed E-state index contributed by atoms with van der Waals surface area (Å²) in [6.07, 6.45) is 0. The highest BCUT2D eigenvalue weighted by atomic mass is 16.5. The fraction of sp³-hybridized carbons (Fsp3) is 0.333. The zero-order valence-corrected chi connectivity index (χ0v) is 12.0. The molecule has 1 heterocycles. The molecule has 0 aliphatic carbocycles. The van der Waals surface area contributed by atoms with Crippen molar-refractivity contribution in [3.8, 4) is 0 Å². The van der Waals surface area contributed by atoms with Crippen molar-refractivity contribution in [1.82, 2.24) is 5.32 Å². The molecule has 0 saturated carbocycles. The topological polar surface area (TPSA) is 21.3 Å². The molecule has 1 saturated heterocycles. The molecule has 2 aromatic rings. The zero-order chi connectivity index (χ0) is 14.0. The smallest absolute Gasteiger partial charge is 0.113 e. The molecule has 1 aliphatic rings. The Morgan fingerprint density at radius 3 is 1.85 bits per heavy atom. The Kier molecular flexibility index (Phi) is 3.60. The standard InChI is InChI=1S/C18H21NO/c1-18(2)19-16(13-20-18)17(14-9-5-3-6-10-14)15-11-7-4-8-12-15/h3-12,16-17,19H,13H2,1-2H3.